The SMILES string of the molecule is Cc1nn(CC(C)C)cc1NCc1ccccc1O. The fraction of sp³-hybridized carbons (Fsp3) is 0.400. The molecule has 102 valence electrons. The van der Waals surface area contributed by atoms with Crippen LogP contribution >= 0.6 is 0 Å². The quantitative estimate of drug-likeness (QED) is 0.867. The van der Waals surface area contributed by atoms with E-state index in [9.17, 15) is 5.11 Å². The van der Waals surface area contributed by atoms with Crippen molar-refractivity contribution in [2.45, 2.75) is 33.9 Å². The molecular weight excluding hydrogens is 238 g/mol. The Balaban J connectivity index is 2.03. The largest absolute Gasteiger partial charge is 0.508 e. The van der Waals surface area contributed by atoms with Crippen molar-refractivity contribution in [2.75, 3.05) is 5.32 Å². The smallest absolute Gasteiger partial charge is 0.120 e. The summed E-state index contributed by atoms with van der Waals surface area (Å²) in [7, 11) is 0. The lowest BCUT2D eigenvalue weighted by molar-refractivity contribution is 0.469. The van der Waals surface area contributed by atoms with Gasteiger partial charge in [0.2, 0.25) is 0 Å². The van der Waals surface area contributed by atoms with Gasteiger partial charge in [0.05, 0.1) is 11.4 Å². The molecule has 0 aliphatic heterocycles. The van der Waals surface area contributed by atoms with Crippen LogP contribution in [-0.2, 0) is 13.1 Å². The number of nitrogens with one attached hydrogen (secondary N) is 1. The molecule has 1 aromatic carbocycles. The minimum Gasteiger partial charge on any atom is -0.508 e. The zero-order valence-electron chi connectivity index (χ0n) is 11.7. The van der Waals surface area contributed by atoms with Crippen LogP contribution in [0, 0.1) is 12.8 Å². The highest BCUT2D eigenvalue weighted by molar-refractivity contribution is 5.47. The summed E-state index contributed by atoms with van der Waals surface area (Å²) in [6, 6.07) is 7.36. The average Bonchev–Trinajstić information content (AvgIpc) is 2.67. The molecule has 0 unspecified atom stereocenters. The van der Waals surface area contributed by atoms with E-state index in [2.05, 4.69) is 24.3 Å². The van der Waals surface area contributed by atoms with Crippen LogP contribution in [0.25, 0.3) is 0 Å². The van der Waals surface area contributed by atoms with E-state index in [0.29, 0.717) is 18.2 Å². The van der Waals surface area contributed by atoms with Crippen LogP contribution in [0.5, 0.6) is 5.75 Å². The van der Waals surface area contributed by atoms with Gasteiger partial charge in [0.25, 0.3) is 0 Å². The lowest BCUT2D eigenvalue weighted by Gasteiger charge is -2.06. The average molecular weight is 259 g/mol. The number of benzene rings is 1. The Labute approximate surface area is 114 Å². The van der Waals surface area contributed by atoms with E-state index in [1.807, 2.05) is 36.0 Å². The second kappa shape index (κ2) is 5.78. The number of hydrogen-bond acceptors (Lipinski definition) is 3. The van der Waals surface area contributed by atoms with Crippen LogP contribution in [0.3, 0.4) is 0 Å². The molecule has 0 atom stereocenters. The second-order valence-electron chi connectivity index (χ2n) is 5.23. The Morgan fingerprint density at radius 2 is 2.05 bits per heavy atom. The summed E-state index contributed by atoms with van der Waals surface area (Å²) in [5, 5.41) is 17.5. The summed E-state index contributed by atoms with van der Waals surface area (Å²) in [6.45, 7) is 7.85. The molecule has 1 aromatic heterocycles. The van der Waals surface area contributed by atoms with Gasteiger partial charge in [-0.15, -0.1) is 0 Å². The van der Waals surface area contributed by atoms with Gasteiger partial charge in [-0.25, -0.2) is 0 Å². The number of aryl methyl sites for hydroxylation is 1. The molecule has 0 spiro atoms. The number of anilines is 1. The van der Waals surface area contributed by atoms with Gasteiger partial charge in [-0.05, 0) is 18.9 Å². The maximum absolute atomic E-state index is 9.72. The van der Waals surface area contributed by atoms with Crippen molar-refractivity contribution >= 4 is 5.69 Å². The highest BCUT2D eigenvalue weighted by Crippen LogP contribution is 2.19. The minimum atomic E-state index is 0.322. The van der Waals surface area contributed by atoms with Crippen molar-refractivity contribution in [1.29, 1.82) is 0 Å². The Hall–Kier alpha value is -1.97. The lowest BCUT2D eigenvalue weighted by atomic mass is 10.2. The molecule has 0 aliphatic carbocycles. The molecule has 2 rings (SSSR count). The molecule has 4 nitrogen and oxygen atoms in total. The molecule has 2 N–H and O–H groups in total. The van der Waals surface area contributed by atoms with Crippen LogP contribution in [0.15, 0.2) is 30.5 Å². The highest BCUT2D eigenvalue weighted by Gasteiger charge is 2.06. The van der Waals surface area contributed by atoms with Crippen LogP contribution < -0.4 is 5.32 Å². The van der Waals surface area contributed by atoms with E-state index in [0.717, 1.165) is 23.5 Å². The summed E-state index contributed by atoms with van der Waals surface area (Å²) < 4.78 is 1.97. The number of aromatic hydroxyl groups is 1. The molecule has 1 heterocycles. The first-order valence-corrected chi connectivity index (χ1v) is 6.61. The highest BCUT2D eigenvalue weighted by atomic mass is 16.3. The summed E-state index contributed by atoms with van der Waals surface area (Å²) in [5.74, 6) is 0.896. The van der Waals surface area contributed by atoms with Gasteiger partial charge in [0.1, 0.15) is 5.75 Å². The van der Waals surface area contributed by atoms with Crippen molar-refractivity contribution in [3.05, 3.63) is 41.7 Å². The zero-order valence-corrected chi connectivity index (χ0v) is 11.7. The summed E-state index contributed by atoms with van der Waals surface area (Å²) in [5.41, 5.74) is 2.89. The molecule has 2 aromatic rings. The number of para-hydroxylation sites is 1. The predicted octanol–water partition coefficient (Wildman–Crippen LogP) is 3.17. The van der Waals surface area contributed by atoms with Gasteiger partial charge in [-0.2, -0.15) is 5.10 Å². The number of phenolic OH excluding ortho intramolecular Hbond substituents is 1. The van der Waals surface area contributed by atoms with Crippen molar-refractivity contribution in [3.63, 3.8) is 0 Å². The first-order chi connectivity index (χ1) is 9.06. The Kier molecular flexibility index (Phi) is 4.10. The van der Waals surface area contributed by atoms with E-state index in [4.69, 9.17) is 0 Å². The molecule has 0 radical (unpaired) electrons. The fourth-order valence-corrected chi connectivity index (χ4v) is 2.01. The first-order valence-electron chi connectivity index (χ1n) is 6.61. The number of nitrogens with zero attached hydrogens (tertiary/aromatic N) is 2. The topological polar surface area (TPSA) is 50.1 Å². The van der Waals surface area contributed by atoms with Crippen molar-refractivity contribution in [1.82, 2.24) is 9.78 Å². The summed E-state index contributed by atoms with van der Waals surface area (Å²) in [6.07, 6.45) is 2.02. The van der Waals surface area contributed by atoms with Crippen molar-refractivity contribution < 1.29 is 5.11 Å². The third-order valence-electron chi connectivity index (χ3n) is 2.96. The van der Waals surface area contributed by atoms with Crippen LogP contribution in [-0.4, -0.2) is 14.9 Å². The maximum atomic E-state index is 9.72. The normalized spacial score (nSPS) is 10.9. The third kappa shape index (κ3) is 3.50. The van der Waals surface area contributed by atoms with E-state index in [1.165, 1.54) is 0 Å². The number of aromatic nitrogens is 2. The monoisotopic (exact) mass is 259 g/mol. The molecular formula is C15H21N3O. The summed E-state index contributed by atoms with van der Waals surface area (Å²) in [4.78, 5) is 0. The van der Waals surface area contributed by atoms with Gasteiger partial charge in [-0.3, -0.25) is 4.68 Å². The van der Waals surface area contributed by atoms with E-state index < -0.39 is 0 Å². The molecule has 4 heteroatoms. The van der Waals surface area contributed by atoms with E-state index >= 15 is 0 Å². The standard InChI is InChI=1S/C15H21N3O/c1-11(2)9-18-10-14(12(3)17-18)16-8-13-6-4-5-7-15(13)19/h4-7,10-11,16,19H,8-9H2,1-3H3. The zero-order chi connectivity index (χ0) is 13.8. The Morgan fingerprint density at radius 1 is 1.32 bits per heavy atom. The van der Waals surface area contributed by atoms with Gasteiger partial charge in [-0.1, -0.05) is 32.0 Å². The van der Waals surface area contributed by atoms with Gasteiger partial charge in [0.15, 0.2) is 0 Å². The minimum absolute atomic E-state index is 0.322. The number of rotatable bonds is 5. The maximum Gasteiger partial charge on any atom is 0.120 e. The van der Waals surface area contributed by atoms with Crippen molar-refractivity contribution in [3.8, 4) is 5.75 Å². The number of phenols is 1. The van der Waals surface area contributed by atoms with Crippen molar-refractivity contribution in [2.24, 2.45) is 5.92 Å². The van der Waals surface area contributed by atoms with Crippen LogP contribution in [0.4, 0.5) is 5.69 Å². The third-order valence-corrected chi connectivity index (χ3v) is 2.96. The molecule has 0 saturated carbocycles. The molecule has 0 amide bonds. The van der Waals surface area contributed by atoms with Gasteiger partial charge >= 0.3 is 0 Å². The van der Waals surface area contributed by atoms with E-state index in [-0.39, 0.29) is 0 Å². The Morgan fingerprint density at radius 3 is 2.74 bits per heavy atom. The molecule has 0 aliphatic rings. The molecule has 0 fully saturated rings. The number of hydrogen-bond donors (Lipinski definition) is 2. The Bertz CT molecular complexity index is 546. The molecule has 0 bridgehead atoms. The second-order valence-corrected chi connectivity index (χ2v) is 5.23. The first kappa shape index (κ1) is 13.5. The molecule has 0 saturated heterocycles. The lowest BCUT2D eigenvalue weighted by Crippen LogP contribution is -2.04. The summed E-state index contributed by atoms with van der Waals surface area (Å²) >= 11 is 0. The fourth-order valence-electron chi connectivity index (χ4n) is 2.01. The van der Waals surface area contributed by atoms with Crippen LogP contribution in [0.2, 0.25) is 0 Å². The van der Waals surface area contributed by atoms with E-state index in [1.54, 1.807) is 6.07 Å². The van der Waals surface area contributed by atoms with Crippen LogP contribution in [0.1, 0.15) is 25.1 Å². The van der Waals surface area contributed by atoms with Gasteiger partial charge in [0, 0.05) is 24.8 Å². The molecule has 19 heavy (non-hydrogen) atoms. The van der Waals surface area contributed by atoms with Gasteiger partial charge < -0.3 is 10.4 Å². The predicted molar refractivity (Wildman–Crippen MR) is 77.2 cm³/mol.